The Kier molecular flexibility index (Phi) is 6.00. The van der Waals surface area contributed by atoms with Gasteiger partial charge in [0, 0.05) is 41.6 Å². The molecule has 1 aromatic carbocycles. The topological polar surface area (TPSA) is 42.2 Å². The number of likely N-dealkylation sites (N-methyl/N-ethyl adjacent to an activating group) is 1. The van der Waals surface area contributed by atoms with Crippen LogP contribution in [0.2, 0.25) is 10.0 Å². The molecule has 3 nitrogen and oxygen atoms in total. The second-order valence-electron chi connectivity index (χ2n) is 5.04. The highest BCUT2D eigenvalue weighted by atomic mass is 35.5. The van der Waals surface area contributed by atoms with Crippen molar-refractivity contribution in [1.82, 2.24) is 9.88 Å². The molecular weight excluding hydrogens is 305 g/mol. The molecule has 1 aromatic heterocycles. The number of nitrogens with zero attached hydrogens (tertiary/aromatic N) is 2. The maximum Gasteiger partial charge on any atom is 0.0468 e. The fourth-order valence-electron chi connectivity index (χ4n) is 2.35. The van der Waals surface area contributed by atoms with Crippen molar-refractivity contribution in [3.8, 4) is 0 Å². The van der Waals surface area contributed by atoms with Crippen LogP contribution in [0, 0.1) is 0 Å². The lowest BCUT2D eigenvalue weighted by Crippen LogP contribution is -2.32. The quantitative estimate of drug-likeness (QED) is 0.883. The van der Waals surface area contributed by atoms with Gasteiger partial charge in [-0.1, -0.05) is 23.2 Å². The first-order valence-corrected chi connectivity index (χ1v) is 7.61. The number of hydrogen-bond acceptors (Lipinski definition) is 3. The number of pyridine rings is 1. The molecule has 0 saturated heterocycles. The first kappa shape index (κ1) is 16.2. The van der Waals surface area contributed by atoms with E-state index in [0.29, 0.717) is 16.6 Å². The highest BCUT2D eigenvalue weighted by Gasteiger charge is 2.16. The molecule has 1 unspecified atom stereocenters. The Balaban J connectivity index is 2.06. The second kappa shape index (κ2) is 7.76. The molecule has 0 radical (unpaired) electrons. The van der Waals surface area contributed by atoms with E-state index in [1.54, 1.807) is 6.07 Å². The Morgan fingerprint density at radius 1 is 1.14 bits per heavy atom. The van der Waals surface area contributed by atoms with E-state index in [1.807, 2.05) is 36.7 Å². The van der Waals surface area contributed by atoms with E-state index in [1.165, 1.54) is 5.56 Å². The van der Waals surface area contributed by atoms with Gasteiger partial charge in [-0.3, -0.25) is 9.88 Å². The van der Waals surface area contributed by atoms with Crippen molar-refractivity contribution < 1.29 is 0 Å². The van der Waals surface area contributed by atoms with E-state index in [-0.39, 0.29) is 6.04 Å². The van der Waals surface area contributed by atoms with Crippen molar-refractivity contribution in [1.29, 1.82) is 0 Å². The van der Waals surface area contributed by atoms with Crippen molar-refractivity contribution in [2.45, 2.75) is 12.5 Å². The summed E-state index contributed by atoms with van der Waals surface area (Å²) < 4.78 is 0. The molecule has 5 heteroatoms. The van der Waals surface area contributed by atoms with Crippen LogP contribution in [0.15, 0.2) is 42.7 Å². The van der Waals surface area contributed by atoms with E-state index in [2.05, 4.69) is 16.9 Å². The van der Waals surface area contributed by atoms with Gasteiger partial charge < -0.3 is 5.73 Å². The molecule has 2 N–H and O–H groups in total. The lowest BCUT2D eigenvalue weighted by atomic mass is 10.0. The summed E-state index contributed by atoms with van der Waals surface area (Å²) in [5, 5.41) is 1.27. The minimum absolute atomic E-state index is 0.100. The number of nitrogens with two attached hydrogens (primary N) is 1. The van der Waals surface area contributed by atoms with Gasteiger partial charge in [0.05, 0.1) is 0 Å². The number of benzene rings is 1. The van der Waals surface area contributed by atoms with Crippen LogP contribution in [0.1, 0.15) is 17.2 Å². The zero-order valence-electron chi connectivity index (χ0n) is 12.0. The summed E-state index contributed by atoms with van der Waals surface area (Å²) in [6.07, 6.45) is 4.57. The van der Waals surface area contributed by atoms with Gasteiger partial charge in [-0.25, -0.2) is 0 Å². The molecule has 2 aromatic rings. The standard InChI is InChI=1S/C16H19Cl2N3/c1-21(7-4-12-2-5-20-6-3-12)16(11-19)13-8-14(17)10-15(18)9-13/h2-3,5-6,8-10,16H,4,7,11,19H2,1H3. The molecule has 112 valence electrons. The van der Waals surface area contributed by atoms with Gasteiger partial charge >= 0.3 is 0 Å². The summed E-state index contributed by atoms with van der Waals surface area (Å²) in [4.78, 5) is 6.25. The van der Waals surface area contributed by atoms with Crippen molar-refractivity contribution in [2.75, 3.05) is 20.1 Å². The monoisotopic (exact) mass is 323 g/mol. The number of hydrogen-bond donors (Lipinski definition) is 1. The van der Waals surface area contributed by atoms with Crippen LogP contribution in [0.4, 0.5) is 0 Å². The summed E-state index contributed by atoms with van der Waals surface area (Å²) in [7, 11) is 2.06. The zero-order chi connectivity index (χ0) is 15.2. The maximum atomic E-state index is 6.08. The van der Waals surface area contributed by atoms with Gasteiger partial charge in [0.25, 0.3) is 0 Å². The Morgan fingerprint density at radius 2 is 1.76 bits per heavy atom. The molecule has 1 heterocycles. The molecule has 1 atom stereocenters. The van der Waals surface area contributed by atoms with Crippen LogP contribution in [-0.4, -0.2) is 30.0 Å². The van der Waals surface area contributed by atoms with Crippen LogP contribution < -0.4 is 5.73 Å². The lowest BCUT2D eigenvalue weighted by molar-refractivity contribution is 0.253. The highest BCUT2D eigenvalue weighted by molar-refractivity contribution is 6.34. The van der Waals surface area contributed by atoms with E-state index < -0.39 is 0 Å². The van der Waals surface area contributed by atoms with Gasteiger partial charge in [0.2, 0.25) is 0 Å². The summed E-state index contributed by atoms with van der Waals surface area (Å²) in [6, 6.07) is 9.74. The van der Waals surface area contributed by atoms with Gasteiger partial charge in [-0.05, 0) is 54.9 Å². The molecule has 2 rings (SSSR count). The first-order valence-electron chi connectivity index (χ1n) is 6.85. The number of halogens is 2. The third-order valence-electron chi connectivity index (χ3n) is 3.53. The van der Waals surface area contributed by atoms with Crippen LogP contribution in [0.3, 0.4) is 0 Å². The molecular formula is C16H19Cl2N3. The third kappa shape index (κ3) is 4.68. The predicted octanol–water partition coefficient (Wildman–Crippen LogP) is 3.56. The lowest BCUT2D eigenvalue weighted by Gasteiger charge is -2.27. The SMILES string of the molecule is CN(CCc1ccncc1)C(CN)c1cc(Cl)cc(Cl)c1. The molecule has 0 spiro atoms. The zero-order valence-corrected chi connectivity index (χ0v) is 13.5. The molecule has 0 aliphatic carbocycles. The van der Waals surface area contributed by atoms with Crippen molar-refractivity contribution in [3.05, 3.63) is 63.9 Å². The number of rotatable bonds is 6. The number of aromatic nitrogens is 1. The van der Waals surface area contributed by atoms with Gasteiger partial charge in [0.15, 0.2) is 0 Å². The summed E-state index contributed by atoms with van der Waals surface area (Å²) in [5.41, 5.74) is 8.25. The average molecular weight is 324 g/mol. The van der Waals surface area contributed by atoms with Crippen molar-refractivity contribution in [3.63, 3.8) is 0 Å². The summed E-state index contributed by atoms with van der Waals surface area (Å²) in [6.45, 7) is 1.42. The third-order valence-corrected chi connectivity index (χ3v) is 3.96. The largest absolute Gasteiger partial charge is 0.329 e. The van der Waals surface area contributed by atoms with Gasteiger partial charge in [-0.2, -0.15) is 0 Å². The highest BCUT2D eigenvalue weighted by Crippen LogP contribution is 2.26. The summed E-state index contributed by atoms with van der Waals surface area (Å²) in [5.74, 6) is 0. The summed E-state index contributed by atoms with van der Waals surface area (Å²) >= 11 is 12.2. The smallest absolute Gasteiger partial charge is 0.0468 e. The maximum absolute atomic E-state index is 6.08. The minimum atomic E-state index is 0.100. The Hall–Kier alpha value is -1.13. The molecule has 0 fully saturated rings. The molecule has 0 bridgehead atoms. The van der Waals surface area contributed by atoms with Crippen molar-refractivity contribution in [2.24, 2.45) is 5.73 Å². The Morgan fingerprint density at radius 3 is 2.33 bits per heavy atom. The molecule has 0 saturated carbocycles. The molecule has 21 heavy (non-hydrogen) atoms. The van der Waals surface area contributed by atoms with Crippen molar-refractivity contribution >= 4 is 23.2 Å². The Labute approximate surface area is 135 Å². The van der Waals surface area contributed by atoms with E-state index in [0.717, 1.165) is 18.5 Å². The molecule has 0 amide bonds. The van der Waals surface area contributed by atoms with Crippen LogP contribution >= 0.6 is 23.2 Å². The molecule has 0 aliphatic rings. The van der Waals surface area contributed by atoms with Crippen LogP contribution in [0.5, 0.6) is 0 Å². The fourth-order valence-corrected chi connectivity index (χ4v) is 2.89. The van der Waals surface area contributed by atoms with Crippen LogP contribution in [0.25, 0.3) is 0 Å². The van der Waals surface area contributed by atoms with E-state index >= 15 is 0 Å². The van der Waals surface area contributed by atoms with Gasteiger partial charge in [-0.15, -0.1) is 0 Å². The predicted molar refractivity (Wildman–Crippen MR) is 88.8 cm³/mol. The minimum Gasteiger partial charge on any atom is -0.329 e. The second-order valence-corrected chi connectivity index (χ2v) is 5.91. The normalized spacial score (nSPS) is 12.6. The van der Waals surface area contributed by atoms with E-state index in [4.69, 9.17) is 28.9 Å². The fraction of sp³-hybridized carbons (Fsp3) is 0.312. The van der Waals surface area contributed by atoms with Gasteiger partial charge in [0.1, 0.15) is 0 Å². The average Bonchev–Trinajstić information content (AvgIpc) is 2.46. The first-order chi connectivity index (χ1) is 10.1. The molecule has 0 aliphatic heterocycles. The van der Waals surface area contributed by atoms with Crippen LogP contribution in [-0.2, 0) is 6.42 Å². The van der Waals surface area contributed by atoms with E-state index in [9.17, 15) is 0 Å². The Bertz CT molecular complexity index is 555.